The van der Waals surface area contributed by atoms with Crippen LogP contribution in [0.25, 0.3) is 0 Å². The Morgan fingerprint density at radius 3 is 2.15 bits per heavy atom. The fraction of sp³-hybridized carbons (Fsp3) is 0.531. The predicted octanol–water partition coefficient (Wildman–Crippen LogP) is 5.80. The zero-order valence-corrected chi connectivity index (χ0v) is 28.1. The molecule has 3 N–H and O–H groups in total. The third-order valence-electron chi connectivity index (χ3n) is 8.30. The topological polar surface area (TPSA) is 148 Å². The van der Waals surface area contributed by atoms with Crippen molar-refractivity contribution in [2.75, 3.05) is 11.9 Å². The van der Waals surface area contributed by atoms with Crippen LogP contribution in [0, 0.1) is 35.2 Å². The average molecular weight is 703 g/mol. The second-order valence-corrected chi connectivity index (χ2v) is 16.0. The molecule has 2 unspecified atom stereocenters. The van der Waals surface area contributed by atoms with Gasteiger partial charge in [-0.25, -0.2) is 31.2 Å². The van der Waals surface area contributed by atoms with Crippen molar-refractivity contribution >= 4 is 45.1 Å². The van der Waals surface area contributed by atoms with Gasteiger partial charge in [0.1, 0.15) is 18.2 Å². The van der Waals surface area contributed by atoms with E-state index in [0.717, 1.165) is 6.07 Å². The minimum Gasteiger partial charge on any atom is -0.461 e. The van der Waals surface area contributed by atoms with E-state index in [1.165, 1.54) is 12.1 Å². The summed E-state index contributed by atoms with van der Waals surface area (Å²) in [4.78, 5) is 37.8. The number of benzene rings is 2. The zero-order valence-electron chi connectivity index (χ0n) is 26.5. The summed E-state index contributed by atoms with van der Waals surface area (Å²) in [7, 11) is -4.17. The molecule has 2 saturated carbocycles. The first-order valence-electron chi connectivity index (χ1n) is 15.1. The molecule has 3 atom stereocenters. The molecule has 10 nitrogen and oxygen atoms in total. The van der Waals surface area contributed by atoms with Crippen molar-refractivity contribution in [3.8, 4) is 0 Å². The van der Waals surface area contributed by atoms with Crippen molar-refractivity contribution in [2.45, 2.75) is 87.7 Å². The number of fused-ring (bicyclic) bond motifs is 2. The number of ether oxygens (including phenoxy) is 2. The van der Waals surface area contributed by atoms with Crippen LogP contribution in [0.3, 0.4) is 0 Å². The quantitative estimate of drug-likeness (QED) is 0.220. The van der Waals surface area contributed by atoms with E-state index in [1.54, 1.807) is 34.6 Å². The first-order chi connectivity index (χ1) is 21.7. The molecule has 4 rings (SSSR count). The third kappa shape index (κ3) is 8.39. The summed E-state index contributed by atoms with van der Waals surface area (Å²) in [5, 5.41) is 15.1. The molecule has 0 radical (unpaired) electrons. The van der Waals surface area contributed by atoms with E-state index in [2.05, 4.69) is 10.6 Å². The average Bonchev–Trinajstić information content (AvgIpc) is 3.25. The van der Waals surface area contributed by atoms with Gasteiger partial charge in [0.25, 0.3) is 5.91 Å². The van der Waals surface area contributed by atoms with Crippen LogP contribution in [-0.4, -0.2) is 60.6 Å². The number of amides is 2. The van der Waals surface area contributed by atoms with Crippen LogP contribution in [0.4, 0.5) is 23.7 Å². The van der Waals surface area contributed by atoms with E-state index in [4.69, 9.17) is 21.1 Å². The van der Waals surface area contributed by atoms with Crippen molar-refractivity contribution in [3.63, 3.8) is 0 Å². The monoisotopic (exact) mass is 702 g/mol. The van der Waals surface area contributed by atoms with Gasteiger partial charge in [-0.05, 0) is 82.4 Å². The number of rotatable bonds is 9. The van der Waals surface area contributed by atoms with Crippen molar-refractivity contribution in [3.05, 3.63) is 58.4 Å². The number of hydrogen-bond donors (Lipinski definition) is 3. The summed E-state index contributed by atoms with van der Waals surface area (Å²) in [5.74, 6) is -7.82. The molecular weight excluding hydrogens is 665 g/mol. The first kappa shape index (κ1) is 36.5. The maximum Gasteiger partial charge on any atom is 0.408 e. The highest BCUT2D eigenvalue weighted by atomic mass is 35.5. The summed E-state index contributed by atoms with van der Waals surface area (Å²) < 4.78 is 79.3. The lowest BCUT2D eigenvalue weighted by molar-refractivity contribution is -0.158. The SMILES string of the molecule is CC(C)[C@H](NC(=O)OC(C)(C)C)C(=O)OCC1(O)CC2CCC(C1)C2S(=O)(=O)c1cc(C(=O)Nc2cc(F)c(F)c(F)c2)ccc1Cl. The fourth-order valence-corrected chi connectivity index (χ4v) is 9.17. The Hall–Kier alpha value is -3.36. The number of hydrogen-bond acceptors (Lipinski definition) is 8. The van der Waals surface area contributed by atoms with Crippen LogP contribution in [0.2, 0.25) is 5.02 Å². The van der Waals surface area contributed by atoms with Crippen LogP contribution in [-0.2, 0) is 24.1 Å². The third-order valence-corrected chi connectivity index (χ3v) is 11.2. The Morgan fingerprint density at radius 1 is 1.04 bits per heavy atom. The Kier molecular flexibility index (Phi) is 10.6. The molecule has 2 bridgehead atoms. The molecule has 2 aliphatic carbocycles. The first-order valence-corrected chi connectivity index (χ1v) is 17.0. The molecule has 2 fully saturated rings. The fourth-order valence-electron chi connectivity index (χ4n) is 6.33. The number of carbonyl (C=O) groups excluding carboxylic acids is 3. The minimum absolute atomic E-state index is 0.00596. The molecule has 0 heterocycles. The summed E-state index contributed by atoms with van der Waals surface area (Å²) in [5.41, 5.74) is -2.86. The van der Waals surface area contributed by atoms with Gasteiger partial charge in [0.05, 0.1) is 20.8 Å². The molecule has 47 heavy (non-hydrogen) atoms. The molecule has 15 heteroatoms. The number of halogens is 4. The van der Waals surface area contributed by atoms with Gasteiger partial charge in [-0.1, -0.05) is 25.4 Å². The van der Waals surface area contributed by atoms with Gasteiger partial charge in [-0.2, -0.15) is 0 Å². The van der Waals surface area contributed by atoms with Crippen LogP contribution in [0.1, 0.15) is 70.7 Å². The molecule has 0 aromatic heterocycles. The van der Waals surface area contributed by atoms with E-state index >= 15 is 0 Å². The van der Waals surface area contributed by atoms with Crippen LogP contribution in [0.15, 0.2) is 35.2 Å². The number of anilines is 1. The van der Waals surface area contributed by atoms with Gasteiger partial charge in [-0.15, -0.1) is 0 Å². The molecule has 2 amide bonds. The van der Waals surface area contributed by atoms with E-state index in [-0.39, 0.29) is 39.9 Å². The largest absolute Gasteiger partial charge is 0.461 e. The standard InChI is InChI=1S/C32H38ClF3N2O8S/c1-16(2)26(38-30(41)46-31(3,4)5)29(40)45-15-32(42)13-18-6-7-19(14-32)27(18)47(43,44)24-10-17(8-9-21(24)33)28(39)37-20-11-22(34)25(36)23(35)12-20/h8-12,16,18-19,26-27,42H,6-7,13-15H2,1-5H3,(H,37,39)(H,38,41)/t18?,19?,26-,27?,32?/m0/s1. The Balaban J connectivity index is 1.46. The van der Waals surface area contributed by atoms with E-state index in [0.29, 0.717) is 25.0 Å². The summed E-state index contributed by atoms with van der Waals surface area (Å²) in [6.07, 6.45) is 0.157. The van der Waals surface area contributed by atoms with E-state index < -0.39 is 86.2 Å². The van der Waals surface area contributed by atoms with Crippen molar-refractivity contribution in [1.29, 1.82) is 0 Å². The molecular formula is C32H38ClF3N2O8S. The minimum atomic E-state index is -4.17. The van der Waals surface area contributed by atoms with Gasteiger partial charge in [0.2, 0.25) is 0 Å². The smallest absolute Gasteiger partial charge is 0.408 e. The number of aliphatic hydroxyl groups is 1. The number of nitrogens with one attached hydrogen (secondary N) is 2. The van der Waals surface area contributed by atoms with Gasteiger partial charge < -0.3 is 25.2 Å². The molecule has 2 aliphatic rings. The lowest BCUT2D eigenvalue weighted by Crippen LogP contribution is -2.51. The number of sulfone groups is 1. The van der Waals surface area contributed by atoms with Gasteiger partial charge in [0.15, 0.2) is 27.3 Å². The molecule has 0 spiro atoms. The van der Waals surface area contributed by atoms with Gasteiger partial charge in [-0.3, -0.25) is 4.79 Å². The molecule has 0 saturated heterocycles. The van der Waals surface area contributed by atoms with E-state index in [9.17, 15) is 41.1 Å². The summed E-state index contributed by atoms with van der Waals surface area (Å²) >= 11 is 6.31. The molecule has 2 aromatic rings. The predicted molar refractivity (Wildman–Crippen MR) is 166 cm³/mol. The molecule has 0 aliphatic heterocycles. The summed E-state index contributed by atoms with van der Waals surface area (Å²) in [6, 6.07) is 3.64. The van der Waals surface area contributed by atoms with Crippen molar-refractivity contribution in [2.24, 2.45) is 17.8 Å². The Morgan fingerprint density at radius 2 is 1.62 bits per heavy atom. The van der Waals surface area contributed by atoms with Crippen molar-refractivity contribution in [1.82, 2.24) is 5.32 Å². The van der Waals surface area contributed by atoms with Crippen LogP contribution in [0.5, 0.6) is 0 Å². The Labute approximate surface area is 276 Å². The highest BCUT2D eigenvalue weighted by Gasteiger charge is 2.55. The van der Waals surface area contributed by atoms with E-state index in [1.807, 2.05) is 0 Å². The van der Waals surface area contributed by atoms with Gasteiger partial charge >= 0.3 is 12.1 Å². The number of alkyl carbamates (subject to hydrolysis) is 1. The van der Waals surface area contributed by atoms with Crippen LogP contribution >= 0.6 is 11.6 Å². The zero-order chi connectivity index (χ0) is 35.1. The van der Waals surface area contributed by atoms with Gasteiger partial charge in [0, 0.05) is 23.4 Å². The molecule has 258 valence electrons. The number of esters is 1. The number of carbonyl (C=O) groups is 3. The highest BCUT2D eigenvalue weighted by molar-refractivity contribution is 7.92. The Bertz CT molecular complexity index is 1630. The summed E-state index contributed by atoms with van der Waals surface area (Å²) in [6.45, 7) is 8.05. The normalized spacial score (nSPS) is 23.3. The second kappa shape index (κ2) is 13.6. The molecule has 2 aromatic carbocycles. The second-order valence-electron chi connectivity index (χ2n) is 13.6. The van der Waals surface area contributed by atoms with Crippen LogP contribution < -0.4 is 10.6 Å². The maximum atomic E-state index is 14.0. The van der Waals surface area contributed by atoms with Crippen molar-refractivity contribution < 1.29 is 50.6 Å². The lowest BCUT2D eigenvalue weighted by atomic mass is 9.77. The lowest BCUT2D eigenvalue weighted by Gasteiger charge is -2.40. The maximum absolute atomic E-state index is 14.0. The highest BCUT2D eigenvalue weighted by Crippen LogP contribution is 2.51.